The van der Waals surface area contributed by atoms with Crippen LogP contribution in [0.15, 0.2) is 35.5 Å². The summed E-state index contributed by atoms with van der Waals surface area (Å²) in [5.41, 5.74) is 6.11. The first-order chi connectivity index (χ1) is 11.5. The van der Waals surface area contributed by atoms with Gasteiger partial charge >= 0.3 is 0 Å². The summed E-state index contributed by atoms with van der Waals surface area (Å²) in [5.74, 6) is 1.34. The Kier molecular flexibility index (Phi) is 6.81. The molecule has 0 saturated carbocycles. The van der Waals surface area contributed by atoms with Gasteiger partial charge in [0.05, 0.1) is 6.10 Å². The van der Waals surface area contributed by atoms with Crippen LogP contribution >= 0.6 is 11.8 Å². The van der Waals surface area contributed by atoms with E-state index in [1.165, 1.54) is 11.8 Å². The molecular weight excluding hydrogens is 324 g/mol. The quantitative estimate of drug-likeness (QED) is 0.677. The van der Waals surface area contributed by atoms with Crippen LogP contribution in [0.1, 0.15) is 37.8 Å². The molecule has 1 heterocycles. The number of amides is 1. The van der Waals surface area contributed by atoms with Gasteiger partial charge in [0.15, 0.2) is 5.16 Å². The maximum Gasteiger partial charge on any atom is 0.217 e. The molecule has 7 heteroatoms. The van der Waals surface area contributed by atoms with E-state index in [0.717, 1.165) is 23.1 Å². The second-order valence-corrected chi connectivity index (χ2v) is 7.09. The third-order valence-corrected chi connectivity index (χ3v) is 4.53. The van der Waals surface area contributed by atoms with E-state index < -0.39 is 6.10 Å². The molecule has 130 valence electrons. The second kappa shape index (κ2) is 8.84. The number of hydrogen-bond acceptors (Lipinski definition) is 5. The Hall–Kier alpha value is -1.86. The van der Waals surface area contributed by atoms with Crippen LogP contribution in [0.4, 0.5) is 0 Å². The predicted molar refractivity (Wildman–Crippen MR) is 94.5 cm³/mol. The van der Waals surface area contributed by atoms with Gasteiger partial charge in [-0.2, -0.15) is 0 Å². The number of thioether (sulfide) groups is 1. The van der Waals surface area contributed by atoms with Crippen LogP contribution in [-0.2, 0) is 17.8 Å². The lowest BCUT2D eigenvalue weighted by molar-refractivity contribution is -0.118. The Labute approximate surface area is 146 Å². The van der Waals surface area contributed by atoms with E-state index >= 15 is 0 Å². The number of aliphatic hydroxyl groups excluding tert-OH is 1. The van der Waals surface area contributed by atoms with E-state index in [2.05, 4.69) is 24.0 Å². The largest absolute Gasteiger partial charge is 0.388 e. The highest BCUT2D eigenvalue weighted by molar-refractivity contribution is 7.99. The average Bonchev–Trinajstić information content (AvgIpc) is 2.92. The molecule has 1 aromatic carbocycles. The molecule has 1 aromatic heterocycles. The van der Waals surface area contributed by atoms with Crippen molar-refractivity contribution in [1.29, 1.82) is 0 Å². The average molecular weight is 348 g/mol. The van der Waals surface area contributed by atoms with E-state index in [0.29, 0.717) is 18.1 Å². The summed E-state index contributed by atoms with van der Waals surface area (Å²) >= 11 is 1.47. The molecule has 0 aliphatic carbocycles. The van der Waals surface area contributed by atoms with Crippen LogP contribution in [0.25, 0.3) is 0 Å². The smallest absolute Gasteiger partial charge is 0.217 e. The number of nitrogens with two attached hydrogens (primary N) is 1. The number of primary amides is 1. The van der Waals surface area contributed by atoms with Crippen molar-refractivity contribution in [3.05, 3.63) is 41.7 Å². The topological polar surface area (TPSA) is 94.0 Å². The van der Waals surface area contributed by atoms with Gasteiger partial charge < -0.3 is 15.4 Å². The normalized spacial score (nSPS) is 12.5. The minimum Gasteiger partial charge on any atom is -0.388 e. The number of carbonyl (C=O) groups excluding carboxylic acids is 1. The first-order valence-corrected chi connectivity index (χ1v) is 9.02. The molecule has 0 radical (unpaired) electrons. The van der Waals surface area contributed by atoms with Crippen molar-refractivity contribution in [3.63, 3.8) is 0 Å². The summed E-state index contributed by atoms with van der Waals surface area (Å²) in [4.78, 5) is 11.0. The van der Waals surface area contributed by atoms with Gasteiger partial charge in [-0.1, -0.05) is 55.9 Å². The lowest BCUT2D eigenvalue weighted by Crippen LogP contribution is -2.15. The van der Waals surface area contributed by atoms with E-state index in [9.17, 15) is 9.90 Å². The molecule has 1 atom stereocenters. The van der Waals surface area contributed by atoms with E-state index in [4.69, 9.17) is 5.73 Å². The molecule has 3 N–H and O–H groups in total. The van der Waals surface area contributed by atoms with Crippen LogP contribution < -0.4 is 5.73 Å². The van der Waals surface area contributed by atoms with Crippen LogP contribution in [0.5, 0.6) is 0 Å². The molecule has 2 rings (SSSR count). The predicted octanol–water partition coefficient (Wildman–Crippen LogP) is 2.18. The Morgan fingerprint density at radius 2 is 2.00 bits per heavy atom. The molecule has 0 aliphatic heterocycles. The SMILES string of the molecule is CC(C)Cn1c(CCC(N)=O)nnc1SCC(O)c1ccccc1. The highest BCUT2D eigenvalue weighted by Crippen LogP contribution is 2.25. The van der Waals surface area contributed by atoms with Gasteiger partial charge in [-0.05, 0) is 11.5 Å². The van der Waals surface area contributed by atoms with E-state index in [1.807, 2.05) is 34.9 Å². The second-order valence-electron chi connectivity index (χ2n) is 6.11. The first-order valence-electron chi connectivity index (χ1n) is 8.03. The maximum absolute atomic E-state index is 11.0. The summed E-state index contributed by atoms with van der Waals surface area (Å²) < 4.78 is 2.02. The van der Waals surface area contributed by atoms with Crippen LogP contribution in [0.2, 0.25) is 0 Å². The number of hydrogen-bond donors (Lipinski definition) is 2. The monoisotopic (exact) mass is 348 g/mol. The van der Waals surface area contributed by atoms with Gasteiger partial charge in [0.25, 0.3) is 0 Å². The minimum atomic E-state index is -0.561. The number of aliphatic hydroxyl groups is 1. The van der Waals surface area contributed by atoms with Crippen molar-refractivity contribution in [2.45, 2.75) is 44.5 Å². The van der Waals surface area contributed by atoms with Crippen LogP contribution in [0.3, 0.4) is 0 Å². The Morgan fingerprint density at radius 1 is 1.29 bits per heavy atom. The number of aromatic nitrogens is 3. The number of benzene rings is 1. The van der Waals surface area contributed by atoms with E-state index in [1.54, 1.807) is 0 Å². The summed E-state index contributed by atoms with van der Waals surface area (Å²) in [6.45, 7) is 5.00. The molecule has 0 saturated heterocycles. The molecule has 1 amide bonds. The molecule has 0 spiro atoms. The number of carbonyl (C=O) groups is 1. The van der Waals surface area contributed by atoms with Crippen LogP contribution in [0, 0.1) is 5.92 Å². The van der Waals surface area contributed by atoms with Crippen molar-refractivity contribution in [1.82, 2.24) is 14.8 Å². The molecule has 24 heavy (non-hydrogen) atoms. The van der Waals surface area contributed by atoms with Crippen LogP contribution in [-0.4, -0.2) is 31.5 Å². The third-order valence-electron chi connectivity index (χ3n) is 3.49. The Morgan fingerprint density at radius 3 is 2.62 bits per heavy atom. The number of nitrogens with zero attached hydrogens (tertiary/aromatic N) is 3. The van der Waals surface area contributed by atoms with Gasteiger partial charge in [0.1, 0.15) is 5.82 Å². The van der Waals surface area contributed by atoms with Crippen molar-refractivity contribution in [3.8, 4) is 0 Å². The van der Waals surface area contributed by atoms with E-state index in [-0.39, 0.29) is 12.3 Å². The van der Waals surface area contributed by atoms with Gasteiger partial charge in [-0.15, -0.1) is 10.2 Å². The Balaban J connectivity index is 2.06. The lowest BCUT2D eigenvalue weighted by Gasteiger charge is -2.14. The highest BCUT2D eigenvalue weighted by Gasteiger charge is 2.16. The first kappa shape index (κ1) is 18.5. The summed E-state index contributed by atoms with van der Waals surface area (Å²) in [6, 6.07) is 9.55. The van der Waals surface area contributed by atoms with Crippen molar-refractivity contribution in [2.75, 3.05) is 5.75 Å². The summed E-state index contributed by atoms with van der Waals surface area (Å²) in [7, 11) is 0. The zero-order chi connectivity index (χ0) is 17.5. The number of aryl methyl sites for hydroxylation is 1. The third kappa shape index (κ3) is 5.35. The maximum atomic E-state index is 11.0. The van der Waals surface area contributed by atoms with Crippen molar-refractivity contribution >= 4 is 17.7 Å². The van der Waals surface area contributed by atoms with Crippen molar-refractivity contribution in [2.24, 2.45) is 11.7 Å². The van der Waals surface area contributed by atoms with Crippen molar-refractivity contribution < 1.29 is 9.90 Å². The standard InChI is InChI=1S/C17H24N4O2S/c1-12(2)10-21-16(9-8-15(18)23)19-20-17(21)24-11-14(22)13-6-4-3-5-7-13/h3-7,12,14,22H,8-11H2,1-2H3,(H2,18,23). The molecule has 6 nitrogen and oxygen atoms in total. The zero-order valence-electron chi connectivity index (χ0n) is 14.1. The Bertz CT molecular complexity index is 658. The molecule has 0 bridgehead atoms. The summed E-state index contributed by atoms with van der Waals surface area (Å²) in [6.07, 6.45) is 0.180. The van der Waals surface area contributed by atoms with Gasteiger partial charge in [-0.25, -0.2) is 0 Å². The summed E-state index contributed by atoms with van der Waals surface area (Å²) in [5, 5.41) is 19.5. The zero-order valence-corrected chi connectivity index (χ0v) is 14.9. The highest BCUT2D eigenvalue weighted by atomic mass is 32.2. The molecule has 2 aromatic rings. The fourth-order valence-corrected chi connectivity index (χ4v) is 3.25. The fourth-order valence-electron chi connectivity index (χ4n) is 2.32. The van der Waals surface area contributed by atoms with Gasteiger partial charge in [-0.3, -0.25) is 4.79 Å². The van der Waals surface area contributed by atoms with Gasteiger partial charge in [0, 0.05) is 25.1 Å². The number of rotatable bonds is 9. The lowest BCUT2D eigenvalue weighted by atomic mass is 10.1. The molecule has 1 unspecified atom stereocenters. The molecule has 0 fully saturated rings. The molecular formula is C17H24N4O2S. The fraction of sp³-hybridized carbons (Fsp3) is 0.471. The molecule has 0 aliphatic rings. The van der Waals surface area contributed by atoms with Gasteiger partial charge in [0.2, 0.25) is 5.91 Å². The minimum absolute atomic E-state index is 0.257.